The molecular formula is C19H38IN5O5. The van der Waals surface area contributed by atoms with E-state index in [9.17, 15) is 9.59 Å². The van der Waals surface area contributed by atoms with E-state index in [2.05, 4.69) is 10.3 Å². The van der Waals surface area contributed by atoms with E-state index in [1.54, 1.807) is 23.8 Å². The molecule has 1 aliphatic rings. The number of amides is 2. The zero-order chi connectivity index (χ0) is 21.9. The van der Waals surface area contributed by atoms with Gasteiger partial charge in [0.2, 0.25) is 0 Å². The van der Waals surface area contributed by atoms with E-state index >= 15 is 0 Å². The fraction of sp³-hybridized carbons (Fsp3) is 0.842. The monoisotopic (exact) mass is 543 g/mol. The molecule has 0 radical (unpaired) electrons. The summed E-state index contributed by atoms with van der Waals surface area (Å²) < 4.78 is 15.5. The maximum absolute atomic E-state index is 12.3. The molecule has 0 spiro atoms. The average molecular weight is 543 g/mol. The number of aliphatic imine (C=N–C) groups is 1. The summed E-state index contributed by atoms with van der Waals surface area (Å²) in [6.45, 7) is 10.4. The molecule has 1 saturated heterocycles. The molecule has 1 rings (SSSR count). The number of guanidine groups is 1. The minimum absolute atomic E-state index is 0. The van der Waals surface area contributed by atoms with Crippen LogP contribution in [0.15, 0.2) is 4.99 Å². The standard InChI is InChI=1S/C19H37N5O5.HI/c1-6-28-17(25)23-10-7-15(8-11-23)22-16(20)21-9-12-24(13-14-27-5)18(26)29-19(2,3)4;/h15H,6-14H2,1-5H3,(H3,20,21,22);1H. The predicted molar refractivity (Wildman–Crippen MR) is 126 cm³/mol. The van der Waals surface area contributed by atoms with Gasteiger partial charge in [-0.2, -0.15) is 0 Å². The fourth-order valence-corrected chi connectivity index (χ4v) is 2.79. The van der Waals surface area contributed by atoms with E-state index in [1.807, 2.05) is 20.8 Å². The van der Waals surface area contributed by atoms with E-state index in [-0.39, 0.29) is 36.1 Å². The number of nitrogens with one attached hydrogen (secondary N) is 1. The third-order valence-corrected chi connectivity index (χ3v) is 4.24. The summed E-state index contributed by atoms with van der Waals surface area (Å²) in [4.78, 5) is 31.6. The lowest BCUT2D eigenvalue weighted by Gasteiger charge is -2.31. The Balaban J connectivity index is 0.00000841. The summed E-state index contributed by atoms with van der Waals surface area (Å²) in [6, 6.07) is 0.153. The van der Waals surface area contributed by atoms with Gasteiger partial charge in [-0.25, -0.2) is 9.59 Å². The van der Waals surface area contributed by atoms with Crippen molar-refractivity contribution in [2.75, 3.05) is 53.0 Å². The Morgan fingerprint density at radius 1 is 1.23 bits per heavy atom. The van der Waals surface area contributed by atoms with Crippen LogP contribution in [0.2, 0.25) is 0 Å². The molecule has 176 valence electrons. The maximum atomic E-state index is 12.3. The first-order valence-corrected chi connectivity index (χ1v) is 10.1. The zero-order valence-corrected chi connectivity index (χ0v) is 21.1. The van der Waals surface area contributed by atoms with Crippen LogP contribution < -0.4 is 11.1 Å². The molecule has 3 N–H and O–H groups in total. The number of ether oxygens (including phenoxy) is 3. The third-order valence-electron chi connectivity index (χ3n) is 4.24. The highest BCUT2D eigenvalue weighted by Gasteiger charge is 2.24. The normalized spacial score (nSPS) is 15.2. The lowest BCUT2D eigenvalue weighted by atomic mass is 10.1. The maximum Gasteiger partial charge on any atom is 0.410 e. The summed E-state index contributed by atoms with van der Waals surface area (Å²) in [6.07, 6.45) is 0.869. The van der Waals surface area contributed by atoms with E-state index in [0.717, 1.165) is 12.8 Å². The second-order valence-electron chi connectivity index (χ2n) is 7.83. The number of piperidine rings is 1. The lowest BCUT2D eigenvalue weighted by Crippen LogP contribution is -2.48. The molecular weight excluding hydrogens is 505 g/mol. The molecule has 11 heteroatoms. The summed E-state index contributed by atoms with van der Waals surface area (Å²) >= 11 is 0. The first-order chi connectivity index (χ1) is 13.7. The summed E-state index contributed by atoms with van der Waals surface area (Å²) in [5.74, 6) is 0.329. The van der Waals surface area contributed by atoms with Gasteiger partial charge in [-0.3, -0.25) is 4.99 Å². The van der Waals surface area contributed by atoms with Gasteiger partial charge in [0.1, 0.15) is 5.60 Å². The molecule has 1 aliphatic heterocycles. The smallest absolute Gasteiger partial charge is 0.410 e. The molecule has 0 bridgehead atoms. The summed E-state index contributed by atoms with van der Waals surface area (Å²) in [7, 11) is 1.58. The number of nitrogens with zero attached hydrogens (tertiary/aromatic N) is 3. The molecule has 0 aliphatic carbocycles. The van der Waals surface area contributed by atoms with Crippen molar-refractivity contribution in [3.05, 3.63) is 0 Å². The minimum Gasteiger partial charge on any atom is -0.450 e. The summed E-state index contributed by atoms with van der Waals surface area (Å²) in [5, 5.41) is 3.18. The number of hydrogen-bond acceptors (Lipinski definition) is 6. The Morgan fingerprint density at radius 3 is 2.40 bits per heavy atom. The molecule has 0 aromatic heterocycles. The molecule has 0 aromatic carbocycles. The Kier molecular flexibility index (Phi) is 13.8. The van der Waals surface area contributed by atoms with Crippen LogP contribution in [0.4, 0.5) is 9.59 Å². The molecule has 2 amide bonds. The predicted octanol–water partition coefficient (Wildman–Crippen LogP) is 2.01. The van der Waals surface area contributed by atoms with Gasteiger partial charge in [0.15, 0.2) is 5.96 Å². The first-order valence-electron chi connectivity index (χ1n) is 10.1. The molecule has 0 atom stereocenters. The van der Waals surface area contributed by atoms with Crippen LogP contribution in [0.1, 0.15) is 40.5 Å². The van der Waals surface area contributed by atoms with Gasteiger partial charge >= 0.3 is 12.2 Å². The van der Waals surface area contributed by atoms with Gasteiger partial charge in [0, 0.05) is 39.3 Å². The van der Waals surface area contributed by atoms with Crippen LogP contribution in [0.25, 0.3) is 0 Å². The molecule has 0 aromatic rings. The minimum atomic E-state index is -0.565. The number of carbonyl (C=O) groups is 2. The topological polar surface area (TPSA) is 119 Å². The van der Waals surface area contributed by atoms with Crippen LogP contribution in [0, 0.1) is 0 Å². The Morgan fingerprint density at radius 2 is 1.87 bits per heavy atom. The van der Waals surface area contributed by atoms with Crippen molar-refractivity contribution in [2.45, 2.75) is 52.2 Å². The van der Waals surface area contributed by atoms with Crippen molar-refractivity contribution in [2.24, 2.45) is 10.7 Å². The Bertz CT molecular complexity index is 548. The van der Waals surface area contributed by atoms with Crippen LogP contribution in [0.3, 0.4) is 0 Å². The number of methoxy groups -OCH3 is 1. The molecule has 0 unspecified atom stereocenters. The largest absolute Gasteiger partial charge is 0.450 e. The molecule has 0 saturated carbocycles. The van der Waals surface area contributed by atoms with Crippen LogP contribution in [-0.4, -0.2) is 92.6 Å². The van der Waals surface area contributed by atoms with Crippen molar-refractivity contribution in [1.82, 2.24) is 15.1 Å². The van der Waals surface area contributed by atoms with Gasteiger partial charge in [-0.1, -0.05) is 0 Å². The number of hydrogen-bond donors (Lipinski definition) is 2. The Labute approximate surface area is 196 Å². The highest BCUT2D eigenvalue weighted by molar-refractivity contribution is 14.0. The van der Waals surface area contributed by atoms with Crippen molar-refractivity contribution < 1.29 is 23.8 Å². The molecule has 30 heavy (non-hydrogen) atoms. The second kappa shape index (κ2) is 14.5. The van der Waals surface area contributed by atoms with E-state index < -0.39 is 11.7 Å². The quantitative estimate of drug-likeness (QED) is 0.273. The van der Waals surface area contributed by atoms with Crippen molar-refractivity contribution >= 4 is 42.1 Å². The van der Waals surface area contributed by atoms with Crippen LogP contribution in [-0.2, 0) is 14.2 Å². The van der Waals surface area contributed by atoms with E-state index in [1.165, 1.54) is 0 Å². The van der Waals surface area contributed by atoms with Crippen molar-refractivity contribution in [1.29, 1.82) is 0 Å². The number of rotatable bonds is 8. The lowest BCUT2D eigenvalue weighted by molar-refractivity contribution is 0.0208. The van der Waals surface area contributed by atoms with Gasteiger partial charge < -0.3 is 35.1 Å². The fourth-order valence-electron chi connectivity index (χ4n) is 2.79. The van der Waals surface area contributed by atoms with E-state index in [0.29, 0.717) is 51.9 Å². The van der Waals surface area contributed by atoms with Crippen molar-refractivity contribution in [3.8, 4) is 0 Å². The molecule has 10 nitrogen and oxygen atoms in total. The molecule has 1 heterocycles. The van der Waals surface area contributed by atoms with Crippen LogP contribution in [0.5, 0.6) is 0 Å². The molecule has 1 fully saturated rings. The van der Waals surface area contributed by atoms with Crippen molar-refractivity contribution in [3.63, 3.8) is 0 Å². The summed E-state index contributed by atoms with van der Waals surface area (Å²) in [5.41, 5.74) is 5.42. The SMILES string of the molecule is CCOC(=O)N1CCC(NC(N)=NCCN(CCOC)C(=O)OC(C)(C)C)CC1.I. The number of nitrogens with two attached hydrogens (primary N) is 1. The number of likely N-dealkylation sites (tertiary alicyclic amines) is 1. The number of halogens is 1. The third kappa shape index (κ3) is 11.6. The average Bonchev–Trinajstić information content (AvgIpc) is 2.63. The number of carbonyl (C=O) groups excluding carboxylic acids is 2. The van der Waals surface area contributed by atoms with Gasteiger partial charge in [-0.15, -0.1) is 24.0 Å². The first kappa shape index (κ1) is 28.5. The highest BCUT2D eigenvalue weighted by Crippen LogP contribution is 2.12. The van der Waals surface area contributed by atoms with E-state index in [4.69, 9.17) is 19.9 Å². The highest BCUT2D eigenvalue weighted by atomic mass is 127. The van der Waals surface area contributed by atoms with Gasteiger partial charge in [0.05, 0.1) is 19.8 Å². The second-order valence-corrected chi connectivity index (χ2v) is 7.83. The zero-order valence-electron chi connectivity index (χ0n) is 18.8. The van der Waals surface area contributed by atoms with Gasteiger partial charge in [0.25, 0.3) is 0 Å². The van der Waals surface area contributed by atoms with Crippen LogP contribution >= 0.6 is 24.0 Å². The van der Waals surface area contributed by atoms with Gasteiger partial charge in [-0.05, 0) is 40.5 Å². The Hall–Kier alpha value is -1.50.